The van der Waals surface area contributed by atoms with Gasteiger partial charge in [0, 0.05) is 24.2 Å². The fraction of sp³-hybridized carbons (Fsp3) is 0.308. The Kier molecular flexibility index (Phi) is 6.51. The maximum absolute atomic E-state index is 14.1. The van der Waals surface area contributed by atoms with E-state index in [9.17, 15) is 18.4 Å². The fourth-order valence-corrected chi connectivity index (χ4v) is 4.30. The fourth-order valence-electron chi connectivity index (χ4n) is 4.30. The average molecular weight is 480 g/mol. The van der Waals surface area contributed by atoms with Gasteiger partial charge in [-0.3, -0.25) is 9.59 Å². The van der Waals surface area contributed by atoms with Gasteiger partial charge in [0.1, 0.15) is 23.0 Å². The first-order valence-corrected chi connectivity index (χ1v) is 11.3. The number of carbonyl (C=O) groups is 2. The van der Waals surface area contributed by atoms with E-state index < -0.39 is 11.6 Å². The van der Waals surface area contributed by atoms with Crippen LogP contribution < -0.4 is 10.6 Å². The number of halogens is 2. The van der Waals surface area contributed by atoms with E-state index in [0.717, 1.165) is 18.6 Å². The quantitative estimate of drug-likeness (QED) is 0.570. The summed E-state index contributed by atoms with van der Waals surface area (Å²) in [5, 5.41) is 5.68. The second-order valence-electron chi connectivity index (χ2n) is 9.30. The maximum atomic E-state index is 14.1. The van der Waals surface area contributed by atoms with E-state index in [1.54, 1.807) is 12.1 Å². The van der Waals surface area contributed by atoms with Crippen molar-refractivity contribution in [2.75, 3.05) is 12.4 Å². The molecule has 5 rings (SSSR count). The van der Waals surface area contributed by atoms with Crippen LogP contribution in [0.1, 0.15) is 43.2 Å². The van der Waals surface area contributed by atoms with E-state index in [-0.39, 0.29) is 52.6 Å². The van der Waals surface area contributed by atoms with Crippen molar-refractivity contribution in [1.29, 1.82) is 0 Å². The molecule has 3 heterocycles. The van der Waals surface area contributed by atoms with Gasteiger partial charge in [0.05, 0.1) is 17.8 Å². The van der Waals surface area contributed by atoms with E-state index in [4.69, 9.17) is 0 Å². The summed E-state index contributed by atoms with van der Waals surface area (Å²) in [7, 11) is 1.88. The first-order valence-electron chi connectivity index (χ1n) is 11.3. The average Bonchev–Trinajstić information content (AvgIpc) is 3.27. The third kappa shape index (κ3) is 4.84. The Hall–Kier alpha value is -3.88. The van der Waals surface area contributed by atoms with Crippen molar-refractivity contribution in [2.24, 2.45) is 5.92 Å². The van der Waals surface area contributed by atoms with E-state index in [1.165, 1.54) is 6.07 Å². The molecule has 2 amide bonds. The molecule has 0 bridgehead atoms. The molecule has 1 unspecified atom stereocenters. The lowest BCUT2D eigenvalue weighted by molar-refractivity contribution is -0.131. The van der Waals surface area contributed by atoms with Crippen molar-refractivity contribution >= 4 is 23.3 Å². The van der Waals surface area contributed by atoms with Gasteiger partial charge in [-0.1, -0.05) is 31.2 Å². The summed E-state index contributed by atoms with van der Waals surface area (Å²) >= 11 is 0. The molecule has 1 fully saturated rings. The van der Waals surface area contributed by atoms with Crippen molar-refractivity contribution in [3.8, 4) is 11.4 Å². The predicted molar refractivity (Wildman–Crippen MR) is 129 cm³/mol. The van der Waals surface area contributed by atoms with Crippen LogP contribution in [-0.4, -0.2) is 39.3 Å². The summed E-state index contributed by atoms with van der Waals surface area (Å²) < 4.78 is 28.2. The van der Waals surface area contributed by atoms with Crippen LogP contribution in [0.15, 0.2) is 48.5 Å². The summed E-state index contributed by atoms with van der Waals surface area (Å²) in [6, 6.07) is 12.6. The van der Waals surface area contributed by atoms with Crippen LogP contribution in [-0.2, 0) is 11.3 Å². The van der Waals surface area contributed by atoms with Crippen molar-refractivity contribution in [3.05, 3.63) is 71.4 Å². The van der Waals surface area contributed by atoms with Gasteiger partial charge in [-0.2, -0.15) is 0 Å². The van der Waals surface area contributed by atoms with Gasteiger partial charge >= 0.3 is 0 Å². The largest absolute Gasteiger partial charge is 0.346 e. The standard InChI is InChI=1S/C18H12F2N4O.C8H15NO/c19-11-7-4-8-12(20)14(11)16-23-13-9-21-18(25)15(13)17(24-16)22-10-5-2-1-3-6-10;1-6-5-8(2,3)9(4)7(6)10/h1-8H,9H2,(H,21,25)(H,22,23,24);6H,5H2,1-4H3. The topological polar surface area (TPSA) is 87.2 Å². The van der Waals surface area contributed by atoms with Gasteiger partial charge in [-0.15, -0.1) is 0 Å². The van der Waals surface area contributed by atoms with Crippen LogP contribution in [0.4, 0.5) is 20.3 Å². The molecule has 1 saturated heterocycles. The van der Waals surface area contributed by atoms with Gasteiger partial charge in [0.2, 0.25) is 5.91 Å². The second-order valence-corrected chi connectivity index (χ2v) is 9.30. The number of carbonyl (C=O) groups excluding carboxylic acids is 2. The number of fused-ring (bicyclic) bond motifs is 1. The number of nitrogens with one attached hydrogen (secondary N) is 2. The molecule has 2 N–H and O–H groups in total. The van der Waals surface area contributed by atoms with Crippen LogP contribution in [0, 0.1) is 17.6 Å². The highest BCUT2D eigenvalue weighted by molar-refractivity contribution is 6.03. The molecule has 0 spiro atoms. The molecular formula is C26H27F2N5O2. The minimum Gasteiger partial charge on any atom is -0.346 e. The molecule has 2 aliphatic rings. The number of benzene rings is 2. The highest BCUT2D eigenvalue weighted by atomic mass is 19.1. The third-order valence-corrected chi connectivity index (χ3v) is 6.32. The van der Waals surface area contributed by atoms with Crippen LogP contribution in [0.25, 0.3) is 11.4 Å². The number of likely N-dealkylation sites (tertiary alicyclic amines) is 1. The zero-order chi connectivity index (χ0) is 25.3. The molecule has 0 saturated carbocycles. The summed E-state index contributed by atoms with van der Waals surface area (Å²) in [5.41, 5.74) is 1.14. The number of anilines is 2. The van der Waals surface area contributed by atoms with Crippen LogP contribution in [0.5, 0.6) is 0 Å². The molecule has 3 aromatic rings. The lowest BCUT2D eigenvalue weighted by Gasteiger charge is -2.27. The third-order valence-electron chi connectivity index (χ3n) is 6.32. The smallest absolute Gasteiger partial charge is 0.257 e. The van der Waals surface area contributed by atoms with E-state index in [2.05, 4.69) is 34.4 Å². The summed E-state index contributed by atoms with van der Waals surface area (Å²) in [6.45, 7) is 6.39. The SMILES string of the molecule is CC1CC(C)(C)N(C)C1=O.O=C1NCc2nc(-c3c(F)cccc3F)nc(Nc3ccccc3)c21. The zero-order valence-corrected chi connectivity index (χ0v) is 20.0. The summed E-state index contributed by atoms with van der Waals surface area (Å²) in [4.78, 5) is 33.6. The van der Waals surface area contributed by atoms with Gasteiger partial charge in [0.15, 0.2) is 5.82 Å². The first-order chi connectivity index (χ1) is 16.6. The number of nitrogens with zero attached hydrogens (tertiary/aromatic N) is 3. The van der Waals surface area contributed by atoms with Crippen LogP contribution in [0.2, 0.25) is 0 Å². The Morgan fingerprint density at radius 1 is 1.00 bits per heavy atom. The Labute approximate surface area is 202 Å². The van der Waals surface area contributed by atoms with Crippen molar-refractivity contribution in [1.82, 2.24) is 20.2 Å². The normalized spacial score (nSPS) is 18.0. The minimum atomic E-state index is -0.761. The molecular weight excluding hydrogens is 452 g/mol. The molecule has 9 heteroatoms. The molecule has 1 aromatic heterocycles. The molecule has 0 radical (unpaired) electrons. The van der Waals surface area contributed by atoms with Crippen LogP contribution >= 0.6 is 0 Å². The van der Waals surface area contributed by atoms with Gasteiger partial charge in [-0.25, -0.2) is 18.7 Å². The Bertz CT molecular complexity index is 1260. The number of amides is 2. The highest BCUT2D eigenvalue weighted by Gasteiger charge is 2.39. The van der Waals surface area contributed by atoms with Crippen LogP contribution in [0.3, 0.4) is 0 Å². The number of para-hydroxylation sites is 1. The number of hydrogen-bond acceptors (Lipinski definition) is 5. The lowest BCUT2D eigenvalue weighted by Crippen LogP contribution is -2.37. The van der Waals surface area contributed by atoms with Gasteiger partial charge < -0.3 is 15.5 Å². The van der Waals surface area contributed by atoms with Crippen molar-refractivity contribution in [2.45, 2.75) is 39.3 Å². The van der Waals surface area contributed by atoms with Gasteiger partial charge in [-0.05, 0) is 44.5 Å². The monoisotopic (exact) mass is 479 g/mol. The van der Waals surface area contributed by atoms with E-state index in [1.807, 2.05) is 37.1 Å². The molecule has 0 aliphatic carbocycles. The number of hydrogen-bond donors (Lipinski definition) is 2. The predicted octanol–water partition coefficient (Wildman–Crippen LogP) is 4.67. The molecule has 2 aromatic carbocycles. The molecule has 182 valence electrons. The van der Waals surface area contributed by atoms with E-state index >= 15 is 0 Å². The second kappa shape index (κ2) is 9.40. The summed E-state index contributed by atoms with van der Waals surface area (Å²) in [5.74, 6) is -1.24. The van der Waals surface area contributed by atoms with Crippen molar-refractivity contribution in [3.63, 3.8) is 0 Å². The lowest BCUT2D eigenvalue weighted by atomic mass is 9.98. The maximum Gasteiger partial charge on any atom is 0.257 e. The van der Waals surface area contributed by atoms with Crippen molar-refractivity contribution < 1.29 is 18.4 Å². The minimum absolute atomic E-state index is 0.0799. The van der Waals surface area contributed by atoms with E-state index in [0.29, 0.717) is 11.4 Å². The number of aromatic nitrogens is 2. The number of rotatable bonds is 3. The molecule has 35 heavy (non-hydrogen) atoms. The molecule has 1 atom stereocenters. The molecule has 7 nitrogen and oxygen atoms in total. The van der Waals surface area contributed by atoms with Gasteiger partial charge in [0.25, 0.3) is 5.91 Å². The Morgan fingerprint density at radius 3 is 2.20 bits per heavy atom. The summed E-state index contributed by atoms with van der Waals surface area (Å²) in [6.07, 6.45) is 0.988. The molecule has 2 aliphatic heterocycles. The Balaban J connectivity index is 0.000000243. The zero-order valence-electron chi connectivity index (χ0n) is 20.0. The Morgan fingerprint density at radius 2 is 1.66 bits per heavy atom. The highest BCUT2D eigenvalue weighted by Crippen LogP contribution is 2.32. The first kappa shape index (κ1) is 24.3.